The summed E-state index contributed by atoms with van der Waals surface area (Å²) in [7, 11) is 0. The Morgan fingerprint density at radius 1 is 1.53 bits per heavy atom. The van der Waals surface area contributed by atoms with Crippen molar-refractivity contribution in [3.8, 4) is 6.07 Å². The van der Waals surface area contributed by atoms with E-state index in [0.717, 1.165) is 22.9 Å². The molecule has 0 saturated carbocycles. The SMILES string of the molecule is N#CCc1ccc(NC(=O)C2CSCN2)cc1. The van der Waals surface area contributed by atoms with Crippen molar-refractivity contribution in [1.29, 1.82) is 5.26 Å². The van der Waals surface area contributed by atoms with Gasteiger partial charge in [0, 0.05) is 17.3 Å². The van der Waals surface area contributed by atoms with Gasteiger partial charge in [-0.05, 0) is 17.7 Å². The minimum absolute atomic E-state index is 0.00281. The summed E-state index contributed by atoms with van der Waals surface area (Å²) >= 11 is 1.72. The van der Waals surface area contributed by atoms with E-state index in [-0.39, 0.29) is 11.9 Å². The van der Waals surface area contributed by atoms with Gasteiger partial charge in [-0.1, -0.05) is 12.1 Å². The van der Waals surface area contributed by atoms with E-state index in [9.17, 15) is 4.79 Å². The first-order valence-electron chi connectivity index (χ1n) is 5.37. The number of carbonyl (C=O) groups is 1. The zero-order valence-corrected chi connectivity index (χ0v) is 10.1. The lowest BCUT2D eigenvalue weighted by Crippen LogP contribution is -2.37. The van der Waals surface area contributed by atoms with Gasteiger partial charge in [0.25, 0.3) is 0 Å². The number of nitriles is 1. The first-order valence-corrected chi connectivity index (χ1v) is 6.53. The first kappa shape index (κ1) is 12.0. The van der Waals surface area contributed by atoms with Gasteiger partial charge >= 0.3 is 0 Å². The molecule has 1 saturated heterocycles. The normalized spacial score (nSPS) is 18.6. The van der Waals surface area contributed by atoms with Crippen LogP contribution < -0.4 is 10.6 Å². The Labute approximate surface area is 104 Å². The average molecular weight is 247 g/mol. The molecule has 1 unspecified atom stereocenters. The molecule has 0 spiro atoms. The number of amides is 1. The van der Waals surface area contributed by atoms with Crippen LogP contribution in [-0.4, -0.2) is 23.6 Å². The molecule has 1 heterocycles. The van der Waals surface area contributed by atoms with E-state index in [4.69, 9.17) is 5.26 Å². The monoisotopic (exact) mass is 247 g/mol. The van der Waals surface area contributed by atoms with Crippen molar-refractivity contribution >= 4 is 23.4 Å². The van der Waals surface area contributed by atoms with Gasteiger partial charge in [-0.25, -0.2) is 0 Å². The molecule has 1 aliphatic heterocycles. The summed E-state index contributed by atoms with van der Waals surface area (Å²) in [5.41, 5.74) is 1.73. The zero-order valence-electron chi connectivity index (χ0n) is 9.27. The highest BCUT2D eigenvalue weighted by molar-refractivity contribution is 7.99. The lowest BCUT2D eigenvalue weighted by atomic mass is 10.1. The lowest BCUT2D eigenvalue weighted by molar-refractivity contribution is -0.117. The molecule has 88 valence electrons. The molecule has 1 atom stereocenters. The average Bonchev–Trinajstić information content (AvgIpc) is 2.86. The lowest BCUT2D eigenvalue weighted by Gasteiger charge is -2.10. The third kappa shape index (κ3) is 3.22. The van der Waals surface area contributed by atoms with Gasteiger partial charge in [-0.2, -0.15) is 5.26 Å². The second kappa shape index (κ2) is 5.71. The number of carbonyl (C=O) groups excluding carboxylic acids is 1. The number of thioether (sulfide) groups is 1. The maximum Gasteiger partial charge on any atom is 0.242 e. The van der Waals surface area contributed by atoms with E-state index in [2.05, 4.69) is 16.7 Å². The van der Waals surface area contributed by atoms with Crippen molar-refractivity contribution in [2.45, 2.75) is 12.5 Å². The molecule has 5 heteroatoms. The van der Waals surface area contributed by atoms with Crippen LogP contribution in [0.3, 0.4) is 0 Å². The molecule has 0 radical (unpaired) electrons. The number of anilines is 1. The molecule has 17 heavy (non-hydrogen) atoms. The summed E-state index contributed by atoms with van der Waals surface area (Å²) < 4.78 is 0. The maximum atomic E-state index is 11.8. The standard InChI is InChI=1S/C12H13N3OS/c13-6-5-9-1-3-10(4-2-9)15-12(16)11-7-17-8-14-11/h1-4,11,14H,5,7-8H2,(H,15,16). The molecule has 2 N–H and O–H groups in total. The molecule has 0 aliphatic carbocycles. The van der Waals surface area contributed by atoms with Crippen molar-refractivity contribution in [3.05, 3.63) is 29.8 Å². The molecule has 1 aromatic carbocycles. The molecular formula is C12H13N3OS. The van der Waals surface area contributed by atoms with Crippen LogP contribution in [0.2, 0.25) is 0 Å². The Balaban J connectivity index is 1.94. The van der Waals surface area contributed by atoms with Gasteiger partial charge < -0.3 is 5.32 Å². The fourth-order valence-electron chi connectivity index (χ4n) is 1.59. The fourth-order valence-corrected chi connectivity index (χ4v) is 2.53. The number of benzene rings is 1. The number of rotatable bonds is 3. The van der Waals surface area contributed by atoms with Crippen LogP contribution in [0.15, 0.2) is 24.3 Å². The quantitative estimate of drug-likeness (QED) is 0.846. The predicted octanol–water partition coefficient (Wildman–Crippen LogP) is 1.35. The van der Waals surface area contributed by atoms with Gasteiger partial charge in [-0.3, -0.25) is 10.1 Å². The highest BCUT2D eigenvalue weighted by Crippen LogP contribution is 2.14. The van der Waals surface area contributed by atoms with Crippen molar-refractivity contribution in [2.75, 3.05) is 16.9 Å². The van der Waals surface area contributed by atoms with Gasteiger partial charge in [0.2, 0.25) is 5.91 Å². The molecule has 1 aliphatic rings. The summed E-state index contributed by atoms with van der Waals surface area (Å²) in [5.74, 6) is 1.65. The van der Waals surface area contributed by atoms with Crippen molar-refractivity contribution in [2.24, 2.45) is 0 Å². The molecule has 0 aromatic heterocycles. The fraction of sp³-hybridized carbons (Fsp3) is 0.333. The largest absolute Gasteiger partial charge is 0.325 e. The highest BCUT2D eigenvalue weighted by atomic mass is 32.2. The number of nitrogens with one attached hydrogen (secondary N) is 2. The second-order valence-electron chi connectivity index (χ2n) is 3.79. The van der Waals surface area contributed by atoms with Gasteiger partial charge in [0.1, 0.15) is 0 Å². The van der Waals surface area contributed by atoms with Crippen molar-refractivity contribution in [3.63, 3.8) is 0 Å². The predicted molar refractivity (Wildman–Crippen MR) is 68.6 cm³/mol. The smallest absolute Gasteiger partial charge is 0.242 e. The van der Waals surface area contributed by atoms with Crippen molar-refractivity contribution < 1.29 is 4.79 Å². The van der Waals surface area contributed by atoms with E-state index >= 15 is 0 Å². The number of hydrogen-bond acceptors (Lipinski definition) is 4. The molecule has 4 nitrogen and oxygen atoms in total. The van der Waals surface area contributed by atoms with Crippen LogP contribution >= 0.6 is 11.8 Å². The third-order valence-electron chi connectivity index (χ3n) is 2.54. The van der Waals surface area contributed by atoms with Crippen LogP contribution in [0.5, 0.6) is 0 Å². The van der Waals surface area contributed by atoms with Gasteiger partial charge in [0.05, 0.1) is 18.5 Å². The summed E-state index contributed by atoms with van der Waals surface area (Å²) in [6.45, 7) is 0. The van der Waals surface area contributed by atoms with Gasteiger partial charge in [0.15, 0.2) is 0 Å². The summed E-state index contributed by atoms with van der Waals surface area (Å²) in [5, 5.41) is 14.5. The van der Waals surface area contributed by atoms with Crippen LogP contribution in [0.25, 0.3) is 0 Å². The Kier molecular flexibility index (Phi) is 4.02. The third-order valence-corrected chi connectivity index (χ3v) is 3.48. The summed E-state index contributed by atoms with van der Waals surface area (Å²) in [6.07, 6.45) is 0.398. The highest BCUT2D eigenvalue weighted by Gasteiger charge is 2.22. The van der Waals surface area contributed by atoms with E-state index in [0.29, 0.717) is 6.42 Å². The molecule has 1 fully saturated rings. The van der Waals surface area contributed by atoms with Crippen LogP contribution in [0.4, 0.5) is 5.69 Å². The second-order valence-corrected chi connectivity index (χ2v) is 4.82. The molecule has 1 amide bonds. The Morgan fingerprint density at radius 2 is 2.29 bits per heavy atom. The molecule has 2 rings (SSSR count). The Morgan fingerprint density at radius 3 is 2.88 bits per heavy atom. The number of nitrogens with zero attached hydrogens (tertiary/aromatic N) is 1. The van der Waals surface area contributed by atoms with E-state index in [1.807, 2.05) is 24.3 Å². The Bertz CT molecular complexity index is 432. The first-order chi connectivity index (χ1) is 8.29. The zero-order chi connectivity index (χ0) is 12.1. The van der Waals surface area contributed by atoms with E-state index in [1.165, 1.54) is 0 Å². The topological polar surface area (TPSA) is 64.9 Å². The number of hydrogen-bond donors (Lipinski definition) is 2. The van der Waals surface area contributed by atoms with Crippen LogP contribution in [-0.2, 0) is 11.2 Å². The Hall–Kier alpha value is -1.51. The summed E-state index contributed by atoms with van der Waals surface area (Å²) in [6, 6.07) is 9.36. The van der Waals surface area contributed by atoms with E-state index in [1.54, 1.807) is 11.8 Å². The minimum Gasteiger partial charge on any atom is -0.325 e. The van der Waals surface area contributed by atoms with E-state index < -0.39 is 0 Å². The molecule has 0 bridgehead atoms. The molecule has 1 aromatic rings. The van der Waals surface area contributed by atoms with Crippen LogP contribution in [0, 0.1) is 11.3 Å². The summed E-state index contributed by atoms with van der Waals surface area (Å²) in [4.78, 5) is 11.8. The van der Waals surface area contributed by atoms with Crippen molar-refractivity contribution in [1.82, 2.24) is 5.32 Å². The van der Waals surface area contributed by atoms with Crippen LogP contribution in [0.1, 0.15) is 5.56 Å². The minimum atomic E-state index is -0.0983. The molecular weight excluding hydrogens is 234 g/mol. The maximum absolute atomic E-state index is 11.8. The van der Waals surface area contributed by atoms with Gasteiger partial charge in [-0.15, -0.1) is 11.8 Å².